The number of nitrogens with zero attached hydrogens (tertiary/aromatic N) is 2. The van der Waals surface area contributed by atoms with Crippen LogP contribution in [0.4, 0.5) is 0 Å². The molecule has 4 rings (SSSR count). The van der Waals surface area contributed by atoms with Crippen molar-refractivity contribution >= 4 is 35.6 Å². The van der Waals surface area contributed by atoms with E-state index in [4.69, 9.17) is 10.4 Å². The molecule has 0 saturated heterocycles. The number of aliphatic imine (C=N–C) groups is 1. The normalized spacial score (nSPS) is 44.6. The van der Waals surface area contributed by atoms with Crippen molar-refractivity contribution in [3.05, 3.63) is 0 Å². The molecule has 116 valence electrons. The second-order valence-corrected chi connectivity index (χ2v) is 8.43. The Morgan fingerprint density at radius 2 is 1.57 bits per heavy atom. The summed E-state index contributed by atoms with van der Waals surface area (Å²) in [7, 11) is 0. The van der Waals surface area contributed by atoms with Crippen LogP contribution in [0.2, 0.25) is 0 Å². The molecule has 21 heavy (non-hydrogen) atoms. The van der Waals surface area contributed by atoms with Crippen molar-refractivity contribution in [2.24, 2.45) is 28.7 Å². The summed E-state index contributed by atoms with van der Waals surface area (Å²) in [5.41, 5.74) is 0. The fourth-order valence-corrected chi connectivity index (χ4v) is 6.23. The molecule has 0 heterocycles. The quantitative estimate of drug-likeness (QED) is 0.403. The summed E-state index contributed by atoms with van der Waals surface area (Å²) in [6, 6.07) is 0.869. The van der Waals surface area contributed by atoms with E-state index in [1.165, 1.54) is 51.4 Å². The van der Waals surface area contributed by atoms with E-state index in [1.54, 1.807) is 0 Å². The second-order valence-electron chi connectivity index (χ2n) is 7.61. The van der Waals surface area contributed by atoms with Gasteiger partial charge in [-0.3, -0.25) is 15.3 Å². The van der Waals surface area contributed by atoms with Gasteiger partial charge in [-0.15, -0.1) is 25.3 Å². The Labute approximate surface area is 138 Å². The summed E-state index contributed by atoms with van der Waals surface area (Å²) in [4.78, 5) is 6.94. The molecule has 0 aromatic heterocycles. The number of amidine groups is 2. The van der Waals surface area contributed by atoms with Crippen molar-refractivity contribution in [3.8, 4) is 0 Å². The summed E-state index contributed by atoms with van der Waals surface area (Å²) < 4.78 is 0. The number of rotatable bonds is 2. The third-order valence-corrected chi connectivity index (χ3v) is 7.00. The lowest BCUT2D eigenvalue weighted by molar-refractivity contribution is 0.302. The lowest BCUT2D eigenvalue weighted by Crippen LogP contribution is -2.44. The Bertz CT molecular complexity index is 478. The number of hydrogen-bond acceptors (Lipinski definition) is 2. The molecule has 6 atom stereocenters. The predicted molar refractivity (Wildman–Crippen MR) is 93.4 cm³/mol. The molecule has 4 bridgehead atoms. The van der Waals surface area contributed by atoms with Crippen LogP contribution in [0.3, 0.4) is 0 Å². The van der Waals surface area contributed by atoms with E-state index in [-0.39, 0.29) is 0 Å². The predicted octanol–water partition coefficient (Wildman–Crippen LogP) is 3.82. The van der Waals surface area contributed by atoms with Gasteiger partial charge in [-0.25, -0.2) is 0 Å². The van der Waals surface area contributed by atoms with Gasteiger partial charge in [0.05, 0.1) is 6.04 Å². The molecule has 0 radical (unpaired) electrons. The van der Waals surface area contributed by atoms with E-state index in [9.17, 15) is 0 Å². The highest BCUT2D eigenvalue weighted by Crippen LogP contribution is 2.48. The third-order valence-electron chi connectivity index (χ3n) is 6.46. The molecule has 0 amide bonds. The number of thiol groups is 2. The molecule has 4 fully saturated rings. The van der Waals surface area contributed by atoms with Gasteiger partial charge in [0.1, 0.15) is 0 Å². The second kappa shape index (κ2) is 5.48. The van der Waals surface area contributed by atoms with E-state index >= 15 is 0 Å². The van der Waals surface area contributed by atoms with E-state index in [1.807, 2.05) is 4.90 Å². The van der Waals surface area contributed by atoms with Gasteiger partial charge in [-0.05, 0) is 62.2 Å². The zero-order valence-electron chi connectivity index (χ0n) is 12.4. The SMILES string of the molecule is N=C(S)N(C(S)=NC1CC2CCC1C2)C1CC2CCC1C2. The first kappa shape index (κ1) is 14.4. The Balaban J connectivity index is 1.52. The topological polar surface area (TPSA) is 39.5 Å². The molecule has 0 spiro atoms. The van der Waals surface area contributed by atoms with Crippen molar-refractivity contribution in [1.82, 2.24) is 4.90 Å². The molecular formula is C16H25N3S2. The van der Waals surface area contributed by atoms with E-state index in [2.05, 4.69) is 25.3 Å². The van der Waals surface area contributed by atoms with Gasteiger partial charge < -0.3 is 0 Å². The van der Waals surface area contributed by atoms with Gasteiger partial charge in [0.25, 0.3) is 0 Å². The fraction of sp³-hybridized carbons (Fsp3) is 0.875. The van der Waals surface area contributed by atoms with Crippen molar-refractivity contribution in [3.63, 3.8) is 0 Å². The molecule has 4 saturated carbocycles. The monoisotopic (exact) mass is 323 g/mol. The van der Waals surface area contributed by atoms with Crippen molar-refractivity contribution < 1.29 is 0 Å². The molecule has 0 aromatic carbocycles. The Morgan fingerprint density at radius 1 is 0.905 bits per heavy atom. The van der Waals surface area contributed by atoms with E-state index in [0.717, 1.165) is 28.8 Å². The highest BCUT2D eigenvalue weighted by Gasteiger charge is 2.44. The van der Waals surface area contributed by atoms with Crippen LogP contribution in [0.25, 0.3) is 0 Å². The van der Waals surface area contributed by atoms with Crippen LogP contribution in [0.15, 0.2) is 4.99 Å². The largest absolute Gasteiger partial charge is 0.298 e. The number of hydrogen-bond donors (Lipinski definition) is 3. The van der Waals surface area contributed by atoms with Crippen LogP contribution < -0.4 is 0 Å². The number of fused-ring (bicyclic) bond motifs is 4. The Hall–Kier alpha value is -0.160. The first-order valence-corrected chi connectivity index (χ1v) is 9.34. The minimum absolute atomic E-state index is 0.324. The van der Waals surface area contributed by atoms with Crippen LogP contribution in [-0.2, 0) is 0 Å². The molecular weight excluding hydrogens is 298 g/mol. The van der Waals surface area contributed by atoms with Crippen LogP contribution in [-0.4, -0.2) is 27.3 Å². The van der Waals surface area contributed by atoms with Gasteiger partial charge in [0, 0.05) is 6.04 Å². The first-order chi connectivity index (χ1) is 10.1. The third kappa shape index (κ3) is 2.54. The molecule has 4 aliphatic rings. The first-order valence-electron chi connectivity index (χ1n) is 8.45. The Morgan fingerprint density at radius 3 is 2.05 bits per heavy atom. The zero-order chi connectivity index (χ0) is 14.6. The molecule has 4 aliphatic carbocycles. The molecule has 3 nitrogen and oxygen atoms in total. The lowest BCUT2D eigenvalue weighted by Gasteiger charge is -2.34. The Kier molecular flexibility index (Phi) is 3.77. The van der Waals surface area contributed by atoms with E-state index < -0.39 is 0 Å². The van der Waals surface area contributed by atoms with Gasteiger partial charge >= 0.3 is 0 Å². The lowest BCUT2D eigenvalue weighted by atomic mass is 9.94. The number of nitrogens with one attached hydrogen (secondary N) is 1. The van der Waals surface area contributed by atoms with Crippen molar-refractivity contribution in [2.45, 2.75) is 63.5 Å². The van der Waals surface area contributed by atoms with Crippen LogP contribution in [0, 0.1) is 29.1 Å². The molecule has 0 aromatic rings. The fourth-order valence-electron chi connectivity index (χ4n) is 5.51. The molecule has 0 aliphatic heterocycles. The summed E-state index contributed by atoms with van der Waals surface area (Å²) in [5.74, 6) is 3.25. The minimum Gasteiger partial charge on any atom is -0.298 e. The average molecular weight is 324 g/mol. The smallest absolute Gasteiger partial charge is 0.162 e. The van der Waals surface area contributed by atoms with E-state index in [0.29, 0.717) is 17.3 Å². The van der Waals surface area contributed by atoms with Crippen LogP contribution >= 0.6 is 25.3 Å². The van der Waals surface area contributed by atoms with Gasteiger partial charge in [0.2, 0.25) is 0 Å². The van der Waals surface area contributed by atoms with Crippen molar-refractivity contribution in [1.29, 1.82) is 5.41 Å². The molecule has 1 N–H and O–H groups in total. The summed E-state index contributed by atoms with van der Waals surface area (Å²) in [5, 5.41) is 9.14. The molecule has 5 heteroatoms. The van der Waals surface area contributed by atoms with Crippen molar-refractivity contribution in [2.75, 3.05) is 0 Å². The average Bonchev–Trinajstić information content (AvgIpc) is 3.18. The zero-order valence-corrected chi connectivity index (χ0v) is 14.2. The van der Waals surface area contributed by atoms with Gasteiger partial charge in [-0.2, -0.15) is 0 Å². The van der Waals surface area contributed by atoms with Gasteiger partial charge in [0.15, 0.2) is 10.3 Å². The standard InChI is InChI=1S/C16H25N3S2/c17-15(20)19(14-8-10-2-4-12(14)6-10)16(21)18-13-7-9-1-3-11(13)5-9/h9-14H,1-8H2,(H2,17,20)(H,18,21). The van der Waals surface area contributed by atoms with Crippen LogP contribution in [0.5, 0.6) is 0 Å². The van der Waals surface area contributed by atoms with Crippen LogP contribution in [0.1, 0.15) is 51.4 Å². The highest BCUT2D eigenvalue weighted by molar-refractivity contribution is 7.99. The molecule has 6 unspecified atom stereocenters. The minimum atomic E-state index is 0.324. The summed E-state index contributed by atoms with van der Waals surface area (Å²) in [6.45, 7) is 0. The summed E-state index contributed by atoms with van der Waals surface area (Å²) >= 11 is 9.02. The summed E-state index contributed by atoms with van der Waals surface area (Å²) in [6.07, 6.45) is 10.5. The van der Waals surface area contributed by atoms with Gasteiger partial charge in [-0.1, -0.05) is 12.8 Å². The maximum atomic E-state index is 8.07. The maximum absolute atomic E-state index is 8.07. The highest BCUT2D eigenvalue weighted by atomic mass is 32.1. The maximum Gasteiger partial charge on any atom is 0.162 e.